The number of carbonyl (C=O) groups is 1. The SMILES string of the molecule is CCn1ncc(NC(=O)c2cc(-c3ccco3)nc3c2c(C)nn3C)c1C. The summed E-state index contributed by atoms with van der Waals surface area (Å²) in [6.45, 7) is 6.55. The van der Waals surface area contributed by atoms with Gasteiger partial charge in [0.15, 0.2) is 11.4 Å². The molecule has 0 aliphatic rings. The number of rotatable bonds is 4. The number of aryl methyl sites for hydroxylation is 3. The molecular weight excluding hydrogens is 344 g/mol. The van der Waals surface area contributed by atoms with Gasteiger partial charge < -0.3 is 9.73 Å². The highest BCUT2D eigenvalue weighted by Gasteiger charge is 2.21. The van der Waals surface area contributed by atoms with Crippen LogP contribution < -0.4 is 5.32 Å². The highest BCUT2D eigenvalue weighted by atomic mass is 16.3. The highest BCUT2D eigenvalue weighted by molar-refractivity contribution is 6.13. The van der Waals surface area contributed by atoms with Crippen molar-refractivity contribution in [1.29, 1.82) is 0 Å². The van der Waals surface area contributed by atoms with Crippen molar-refractivity contribution in [3.8, 4) is 11.5 Å². The van der Waals surface area contributed by atoms with Gasteiger partial charge in [-0.05, 0) is 39.0 Å². The molecule has 4 aromatic heterocycles. The molecule has 4 heterocycles. The molecule has 0 bridgehead atoms. The molecule has 8 nitrogen and oxygen atoms in total. The lowest BCUT2D eigenvalue weighted by Crippen LogP contribution is -2.14. The van der Waals surface area contributed by atoms with Gasteiger partial charge in [0.2, 0.25) is 0 Å². The molecule has 8 heteroatoms. The zero-order valence-electron chi connectivity index (χ0n) is 15.6. The molecule has 138 valence electrons. The van der Waals surface area contributed by atoms with Crippen molar-refractivity contribution in [3.05, 3.63) is 47.6 Å². The minimum absolute atomic E-state index is 0.231. The van der Waals surface area contributed by atoms with Crippen molar-refractivity contribution >= 4 is 22.6 Å². The zero-order chi connectivity index (χ0) is 19.1. The van der Waals surface area contributed by atoms with Crippen LogP contribution in [0.25, 0.3) is 22.5 Å². The van der Waals surface area contributed by atoms with Gasteiger partial charge in [-0.25, -0.2) is 4.98 Å². The summed E-state index contributed by atoms with van der Waals surface area (Å²) in [5.74, 6) is 0.366. The van der Waals surface area contributed by atoms with Crippen LogP contribution in [0.3, 0.4) is 0 Å². The van der Waals surface area contributed by atoms with Crippen molar-refractivity contribution in [2.45, 2.75) is 27.3 Å². The molecule has 0 unspecified atom stereocenters. The lowest BCUT2D eigenvalue weighted by molar-refractivity contribution is 0.102. The van der Waals surface area contributed by atoms with E-state index in [-0.39, 0.29) is 5.91 Å². The second-order valence-electron chi connectivity index (χ2n) is 6.35. The first-order valence-corrected chi connectivity index (χ1v) is 8.71. The lowest BCUT2D eigenvalue weighted by Gasteiger charge is -2.08. The molecule has 0 aliphatic heterocycles. The summed E-state index contributed by atoms with van der Waals surface area (Å²) < 4.78 is 8.98. The van der Waals surface area contributed by atoms with Crippen LogP contribution in [0, 0.1) is 13.8 Å². The van der Waals surface area contributed by atoms with Crippen molar-refractivity contribution in [2.24, 2.45) is 7.05 Å². The van der Waals surface area contributed by atoms with E-state index in [0.29, 0.717) is 28.4 Å². The summed E-state index contributed by atoms with van der Waals surface area (Å²) in [4.78, 5) is 17.8. The summed E-state index contributed by atoms with van der Waals surface area (Å²) >= 11 is 0. The van der Waals surface area contributed by atoms with Crippen molar-refractivity contribution < 1.29 is 9.21 Å². The second kappa shape index (κ2) is 6.39. The first-order valence-electron chi connectivity index (χ1n) is 8.71. The number of furan rings is 1. The largest absolute Gasteiger partial charge is 0.463 e. The predicted octanol–water partition coefficient (Wildman–Crippen LogP) is 3.31. The van der Waals surface area contributed by atoms with E-state index in [4.69, 9.17) is 4.42 Å². The highest BCUT2D eigenvalue weighted by Crippen LogP contribution is 2.28. The number of pyridine rings is 1. The molecule has 27 heavy (non-hydrogen) atoms. The molecule has 1 N–H and O–H groups in total. The molecule has 4 rings (SSSR count). The Bertz CT molecular complexity index is 1140. The molecule has 0 radical (unpaired) electrons. The van der Waals surface area contributed by atoms with Crippen molar-refractivity contribution in [1.82, 2.24) is 24.5 Å². The molecule has 0 atom stereocenters. The van der Waals surface area contributed by atoms with E-state index in [1.165, 1.54) is 0 Å². The Balaban J connectivity index is 1.84. The number of hydrogen-bond acceptors (Lipinski definition) is 5. The van der Waals surface area contributed by atoms with Crippen LogP contribution in [0.2, 0.25) is 0 Å². The quantitative estimate of drug-likeness (QED) is 0.600. The first-order chi connectivity index (χ1) is 13.0. The van der Waals surface area contributed by atoms with E-state index in [1.54, 1.807) is 29.3 Å². The van der Waals surface area contributed by atoms with Gasteiger partial charge in [-0.1, -0.05) is 0 Å². The van der Waals surface area contributed by atoms with E-state index < -0.39 is 0 Å². The fourth-order valence-corrected chi connectivity index (χ4v) is 3.25. The van der Waals surface area contributed by atoms with E-state index in [9.17, 15) is 4.79 Å². The van der Waals surface area contributed by atoms with Gasteiger partial charge in [-0.2, -0.15) is 10.2 Å². The third kappa shape index (κ3) is 2.79. The van der Waals surface area contributed by atoms with Crippen molar-refractivity contribution in [3.63, 3.8) is 0 Å². The number of aromatic nitrogens is 5. The minimum atomic E-state index is -0.231. The predicted molar refractivity (Wildman–Crippen MR) is 102 cm³/mol. The maximum atomic E-state index is 13.1. The number of carbonyl (C=O) groups excluding carboxylic acids is 1. The minimum Gasteiger partial charge on any atom is -0.463 e. The van der Waals surface area contributed by atoms with Crippen LogP contribution in [0.15, 0.2) is 35.1 Å². The average Bonchev–Trinajstić information content (AvgIpc) is 3.36. The number of fused-ring (bicyclic) bond motifs is 1. The molecule has 0 saturated carbocycles. The molecule has 0 saturated heterocycles. The van der Waals surface area contributed by atoms with E-state index in [2.05, 4.69) is 20.5 Å². The monoisotopic (exact) mass is 364 g/mol. The fraction of sp³-hybridized carbons (Fsp3) is 0.263. The third-order valence-corrected chi connectivity index (χ3v) is 4.64. The van der Waals surface area contributed by atoms with Crippen LogP contribution in [-0.4, -0.2) is 30.5 Å². The van der Waals surface area contributed by atoms with E-state index in [1.807, 2.05) is 38.6 Å². The summed E-state index contributed by atoms with van der Waals surface area (Å²) in [6.07, 6.45) is 3.25. The normalized spacial score (nSPS) is 11.3. The maximum absolute atomic E-state index is 13.1. The van der Waals surface area contributed by atoms with Gasteiger partial charge in [0.05, 0.1) is 40.5 Å². The van der Waals surface area contributed by atoms with Crippen LogP contribution in [0.1, 0.15) is 28.7 Å². The Labute approximate surface area is 155 Å². The number of nitrogens with zero attached hydrogens (tertiary/aromatic N) is 5. The van der Waals surface area contributed by atoms with E-state index >= 15 is 0 Å². The van der Waals surface area contributed by atoms with Gasteiger partial charge in [0, 0.05) is 13.6 Å². The van der Waals surface area contributed by atoms with Crippen LogP contribution in [-0.2, 0) is 13.6 Å². The lowest BCUT2D eigenvalue weighted by atomic mass is 10.1. The molecule has 0 spiro atoms. The topological polar surface area (TPSA) is 90.8 Å². The Morgan fingerprint density at radius 2 is 2.15 bits per heavy atom. The fourth-order valence-electron chi connectivity index (χ4n) is 3.25. The molecule has 1 amide bonds. The van der Waals surface area contributed by atoms with Gasteiger partial charge in [-0.15, -0.1) is 0 Å². The molecule has 4 aromatic rings. The second-order valence-corrected chi connectivity index (χ2v) is 6.35. The third-order valence-electron chi connectivity index (χ3n) is 4.64. The summed E-state index contributed by atoms with van der Waals surface area (Å²) in [7, 11) is 1.81. The first kappa shape index (κ1) is 17.0. The van der Waals surface area contributed by atoms with Crippen molar-refractivity contribution in [2.75, 3.05) is 5.32 Å². The van der Waals surface area contributed by atoms with Gasteiger partial charge in [0.25, 0.3) is 5.91 Å². The summed E-state index contributed by atoms with van der Waals surface area (Å²) in [6, 6.07) is 5.34. The number of amides is 1. The van der Waals surface area contributed by atoms with E-state index in [0.717, 1.165) is 23.3 Å². The van der Waals surface area contributed by atoms with Gasteiger partial charge >= 0.3 is 0 Å². The Morgan fingerprint density at radius 3 is 2.81 bits per heavy atom. The Kier molecular flexibility index (Phi) is 4.02. The number of anilines is 1. The summed E-state index contributed by atoms with van der Waals surface area (Å²) in [5, 5.41) is 12.4. The Morgan fingerprint density at radius 1 is 1.33 bits per heavy atom. The smallest absolute Gasteiger partial charge is 0.256 e. The molecule has 0 fully saturated rings. The summed E-state index contributed by atoms with van der Waals surface area (Å²) in [5.41, 5.74) is 4.06. The average molecular weight is 364 g/mol. The van der Waals surface area contributed by atoms with Crippen LogP contribution >= 0.6 is 0 Å². The number of hydrogen-bond donors (Lipinski definition) is 1. The van der Waals surface area contributed by atoms with Gasteiger partial charge in [0.1, 0.15) is 5.69 Å². The van der Waals surface area contributed by atoms with Gasteiger partial charge in [-0.3, -0.25) is 14.2 Å². The molecule has 0 aliphatic carbocycles. The number of nitrogens with one attached hydrogen (secondary N) is 1. The van der Waals surface area contributed by atoms with Crippen LogP contribution in [0.5, 0.6) is 0 Å². The zero-order valence-corrected chi connectivity index (χ0v) is 15.6. The maximum Gasteiger partial charge on any atom is 0.256 e. The Hall–Kier alpha value is -3.42. The molecule has 0 aromatic carbocycles. The van der Waals surface area contributed by atoms with Crippen LogP contribution in [0.4, 0.5) is 5.69 Å². The molecular formula is C19H20N6O2. The standard InChI is InChI=1S/C19H20N6O2/c1-5-25-12(3)15(10-20-25)22-19(26)13-9-14(16-7-6-8-27-16)21-18-17(13)11(2)23-24(18)4/h6-10H,5H2,1-4H3,(H,22,26).